The quantitative estimate of drug-likeness (QED) is 0.703. The fourth-order valence-corrected chi connectivity index (χ4v) is 2.40. The van der Waals surface area contributed by atoms with Crippen molar-refractivity contribution in [3.05, 3.63) is 35.4 Å². The molecule has 1 aromatic rings. The topological polar surface area (TPSA) is 17.1 Å². The molecule has 0 aromatic heterocycles. The second-order valence-electron chi connectivity index (χ2n) is 4.45. The van der Waals surface area contributed by atoms with Crippen molar-refractivity contribution in [1.82, 2.24) is 0 Å². The van der Waals surface area contributed by atoms with Crippen LogP contribution in [0.4, 0.5) is 8.78 Å². The Morgan fingerprint density at radius 3 is 2.06 bits per heavy atom. The van der Waals surface area contributed by atoms with Crippen LogP contribution in [0.3, 0.4) is 0 Å². The molecule has 0 radical (unpaired) electrons. The van der Waals surface area contributed by atoms with Crippen LogP contribution in [-0.2, 0) is 4.79 Å². The van der Waals surface area contributed by atoms with Crippen molar-refractivity contribution >= 4 is 6.29 Å². The number of rotatable bonds is 2. The van der Waals surface area contributed by atoms with E-state index in [0.29, 0.717) is 0 Å². The number of hydrogen-bond acceptors (Lipinski definition) is 1. The smallest absolute Gasteiger partial charge is 0.126 e. The summed E-state index contributed by atoms with van der Waals surface area (Å²) in [5.74, 6) is -0.712. The zero-order chi connectivity index (χ0) is 11.5. The maximum Gasteiger partial charge on any atom is 0.126 e. The SMILES string of the molecule is O=CC1CCC(c2cc(F)cc(F)c2)CC1. The van der Waals surface area contributed by atoms with Crippen LogP contribution in [-0.4, -0.2) is 6.29 Å². The van der Waals surface area contributed by atoms with E-state index in [1.807, 2.05) is 0 Å². The highest BCUT2D eigenvalue weighted by Gasteiger charge is 2.22. The number of benzene rings is 1. The van der Waals surface area contributed by atoms with Crippen LogP contribution in [0.25, 0.3) is 0 Å². The van der Waals surface area contributed by atoms with Crippen LogP contribution in [0, 0.1) is 17.6 Å². The summed E-state index contributed by atoms with van der Waals surface area (Å²) >= 11 is 0. The van der Waals surface area contributed by atoms with E-state index in [4.69, 9.17) is 0 Å². The largest absolute Gasteiger partial charge is 0.303 e. The number of halogens is 2. The molecule has 0 atom stereocenters. The second-order valence-corrected chi connectivity index (χ2v) is 4.45. The van der Waals surface area contributed by atoms with E-state index >= 15 is 0 Å². The van der Waals surface area contributed by atoms with Crippen molar-refractivity contribution in [3.63, 3.8) is 0 Å². The molecule has 1 fully saturated rings. The van der Waals surface area contributed by atoms with E-state index in [1.165, 1.54) is 12.1 Å². The summed E-state index contributed by atoms with van der Waals surface area (Å²) < 4.78 is 26.1. The maximum absolute atomic E-state index is 13.0. The van der Waals surface area contributed by atoms with Gasteiger partial charge in [-0.1, -0.05) is 0 Å². The summed E-state index contributed by atoms with van der Waals surface area (Å²) in [7, 11) is 0. The van der Waals surface area contributed by atoms with Crippen LogP contribution in [0.5, 0.6) is 0 Å². The summed E-state index contributed by atoms with van der Waals surface area (Å²) in [4.78, 5) is 10.6. The number of carbonyl (C=O) groups excluding carboxylic acids is 1. The first-order valence-electron chi connectivity index (χ1n) is 5.60. The van der Waals surface area contributed by atoms with Crippen LogP contribution in [0.1, 0.15) is 37.2 Å². The lowest BCUT2D eigenvalue weighted by atomic mass is 9.79. The summed E-state index contributed by atoms with van der Waals surface area (Å²) in [6, 6.07) is 3.69. The molecule has 86 valence electrons. The Morgan fingerprint density at radius 1 is 1.00 bits per heavy atom. The summed E-state index contributed by atoms with van der Waals surface area (Å²) in [6.45, 7) is 0. The molecule has 0 heterocycles. The number of carbonyl (C=O) groups is 1. The fourth-order valence-electron chi connectivity index (χ4n) is 2.40. The molecule has 0 spiro atoms. The van der Waals surface area contributed by atoms with Gasteiger partial charge in [0.05, 0.1) is 0 Å². The Hall–Kier alpha value is -1.25. The van der Waals surface area contributed by atoms with Gasteiger partial charge in [-0.3, -0.25) is 0 Å². The minimum absolute atomic E-state index is 0.134. The number of aldehydes is 1. The summed E-state index contributed by atoms with van der Waals surface area (Å²) in [5.41, 5.74) is 0.724. The van der Waals surface area contributed by atoms with Gasteiger partial charge in [-0.25, -0.2) is 8.78 Å². The Balaban J connectivity index is 2.10. The van der Waals surface area contributed by atoms with E-state index in [9.17, 15) is 13.6 Å². The third kappa shape index (κ3) is 2.46. The first-order chi connectivity index (χ1) is 7.69. The molecule has 3 heteroatoms. The molecule has 2 rings (SSSR count). The molecule has 0 bridgehead atoms. The Kier molecular flexibility index (Phi) is 3.32. The van der Waals surface area contributed by atoms with Crippen LogP contribution in [0.2, 0.25) is 0 Å². The van der Waals surface area contributed by atoms with Gasteiger partial charge in [0.1, 0.15) is 17.9 Å². The predicted molar refractivity (Wildman–Crippen MR) is 57.1 cm³/mol. The average molecular weight is 224 g/mol. The molecular formula is C13H14F2O. The van der Waals surface area contributed by atoms with E-state index in [-0.39, 0.29) is 11.8 Å². The van der Waals surface area contributed by atoms with E-state index < -0.39 is 11.6 Å². The molecule has 1 aliphatic rings. The number of hydrogen-bond donors (Lipinski definition) is 0. The molecule has 1 aromatic carbocycles. The minimum Gasteiger partial charge on any atom is -0.303 e. The fraction of sp³-hybridized carbons (Fsp3) is 0.462. The van der Waals surface area contributed by atoms with Crippen molar-refractivity contribution in [1.29, 1.82) is 0 Å². The van der Waals surface area contributed by atoms with Crippen molar-refractivity contribution in [2.45, 2.75) is 31.6 Å². The minimum atomic E-state index is -0.521. The average Bonchev–Trinajstić information content (AvgIpc) is 2.28. The molecule has 0 aliphatic heterocycles. The Morgan fingerprint density at radius 2 is 1.56 bits per heavy atom. The third-order valence-corrected chi connectivity index (χ3v) is 3.32. The van der Waals surface area contributed by atoms with E-state index in [1.54, 1.807) is 0 Å². The van der Waals surface area contributed by atoms with Gasteiger partial charge in [0, 0.05) is 12.0 Å². The van der Waals surface area contributed by atoms with Gasteiger partial charge in [0.2, 0.25) is 0 Å². The van der Waals surface area contributed by atoms with Crippen molar-refractivity contribution in [2.24, 2.45) is 5.92 Å². The first kappa shape index (κ1) is 11.2. The summed E-state index contributed by atoms with van der Waals surface area (Å²) in [5, 5.41) is 0. The lowest BCUT2D eigenvalue weighted by Crippen LogP contribution is -2.14. The van der Waals surface area contributed by atoms with Gasteiger partial charge >= 0.3 is 0 Å². The molecule has 1 aliphatic carbocycles. The van der Waals surface area contributed by atoms with Gasteiger partial charge < -0.3 is 4.79 Å². The van der Waals surface area contributed by atoms with Gasteiger partial charge in [-0.2, -0.15) is 0 Å². The predicted octanol–water partition coefficient (Wildman–Crippen LogP) is 3.44. The van der Waals surface area contributed by atoms with Crippen molar-refractivity contribution < 1.29 is 13.6 Å². The van der Waals surface area contributed by atoms with Crippen molar-refractivity contribution in [2.75, 3.05) is 0 Å². The zero-order valence-corrected chi connectivity index (χ0v) is 8.96. The molecule has 0 saturated heterocycles. The maximum atomic E-state index is 13.0. The molecule has 16 heavy (non-hydrogen) atoms. The van der Waals surface area contributed by atoms with E-state index in [2.05, 4.69) is 0 Å². The van der Waals surface area contributed by atoms with Crippen molar-refractivity contribution in [3.8, 4) is 0 Å². The normalized spacial score (nSPS) is 25.4. The molecule has 1 saturated carbocycles. The molecule has 0 amide bonds. The Bertz CT molecular complexity index is 361. The molecule has 0 unspecified atom stereocenters. The molecule has 0 N–H and O–H groups in total. The lowest BCUT2D eigenvalue weighted by molar-refractivity contribution is -0.111. The van der Waals surface area contributed by atoms with Crippen LogP contribution in [0.15, 0.2) is 18.2 Å². The second kappa shape index (κ2) is 4.73. The monoisotopic (exact) mass is 224 g/mol. The highest BCUT2D eigenvalue weighted by molar-refractivity contribution is 5.53. The highest BCUT2D eigenvalue weighted by atomic mass is 19.1. The first-order valence-corrected chi connectivity index (χ1v) is 5.60. The summed E-state index contributed by atoms with van der Waals surface area (Å²) in [6.07, 6.45) is 4.32. The van der Waals surface area contributed by atoms with Crippen LogP contribution < -0.4 is 0 Å². The highest BCUT2D eigenvalue weighted by Crippen LogP contribution is 2.35. The third-order valence-electron chi connectivity index (χ3n) is 3.32. The van der Waals surface area contributed by atoms with Gasteiger partial charge in [-0.15, -0.1) is 0 Å². The van der Waals surface area contributed by atoms with Crippen LogP contribution >= 0.6 is 0 Å². The van der Waals surface area contributed by atoms with E-state index in [0.717, 1.165) is 43.6 Å². The molecular weight excluding hydrogens is 210 g/mol. The van der Waals surface area contributed by atoms with Gasteiger partial charge in [0.15, 0.2) is 0 Å². The Labute approximate surface area is 93.5 Å². The van der Waals surface area contributed by atoms with Gasteiger partial charge in [0.25, 0.3) is 0 Å². The lowest BCUT2D eigenvalue weighted by Gasteiger charge is -2.25. The molecule has 1 nitrogen and oxygen atoms in total. The standard InChI is InChI=1S/C13H14F2O/c14-12-5-11(6-13(15)7-12)10-3-1-9(8-16)2-4-10/h5-10H,1-4H2. The zero-order valence-electron chi connectivity index (χ0n) is 8.96. The van der Waals surface area contributed by atoms with Gasteiger partial charge in [-0.05, 0) is 49.3 Å².